The largest absolute Gasteiger partial charge is 0.379 e. The Morgan fingerprint density at radius 2 is 2.04 bits per heavy atom. The minimum Gasteiger partial charge on any atom is -0.379 e. The Bertz CT molecular complexity index is 744. The van der Waals surface area contributed by atoms with Gasteiger partial charge in [0.25, 0.3) is 5.91 Å². The number of benzene rings is 1. The van der Waals surface area contributed by atoms with E-state index in [1.807, 2.05) is 0 Å². The van der Waals surface area contributed by atoms with Crippen LogP contribution in [0.2, 0.25) is 0 Å². The van der Waals surface area contributed by atoms with Crippen molar-refractivity contribution in [2.24, 2.45) is 5.92 Å². The van der Waals surface area contributed by atoms with Gasteiger partial charge < -0.3 is 10.1 Å². The molecule has 2 fully saturated rings. The van der Waals surface area contributed by atoms with Crippen LogP contribution in [0, 0.1) is 5.92 Å². The Kier molecular flexibility index (Phi) is 6.89. The van der Waals surface area contributed by atoms with Crippen LogP contribution in [0.4, 0.5) is 0 Å². The molecule has 0 spiro atoms. The number of ether oxygens (including phenoxy) is 1. The Labute approximate surface area is 162 Å². The van der Waals surface area contributed by atoms with E-state index < -0.39 is 10.0 Å². The first-order chi connectivity index (χ1) is 13.0. The third-order valence-corrected chi connectivity index (χ3v) is 7.50. The second kappa shape index (κ2) is 9.17. The molecule has 1 amide bonds. The van der Waals surface area contributed by atoms with Gasteiger partial charge in [0.2, 0.25) is 10.0 Å². The highest BCUT2D eigenvalue weighted by atomic mass is 32.2. The number of hydrogen-bond donors (Lipinski definition) is 1. The van der Waals surface area contributed by atoms with Crippen LogP contribution in [-0.2, 0) is 14.8 Å². The molecule has 1 aliphatic heterocycles. The molecule has 0 aromatic heterocycles. The minimum atomic E-state index is -3.59. The Hall–Kier alpha value is -1.44. The number of nitrogens with zero attached hydrogens (tertiary/aromatic N) is 1. The molecule has 2 unspecified atom stereocenters. The van der Waals surface area contributed by atoms with Gasteiger partial charge in [-0.1, -0.05) is 32.3 Å². The molecule has 7 heteroatoms. The normalized spacial score (nSPS) is 24.0. The van der Waals surface area contributed by atoms with Gasteiger partial charge in [0.1, 0.15) is 0 Å². The topological polar surface area (TPSA) is 75.7 Å². The van der Waals surface area contributed by atoms with Crippen molar-refractivity contribution < 1.29 is 17.9 Å². The number of morpholine rings is 1. The van der Waals surface area contributed by atoms with E-state index in [9.17, 15) is 13.2 Å². The first kappa shape index (κ1) is 20.3. The Balaban J connectivity index is 1.70. The summed E-state index contributed by atoms with van der Waals surface area (Å²) in [4.78, 5) is 12.9. The smallest absolute Gasteiger partial charge is 0.251 e. The average molecular weight is 395 g/mol. The molecule has 1 saturated carbocycles. The van der Waals surface area contributed by atoms with Crippen molar-refractivity contribution in [2.75, 3.05) is 26.3 Å². The highest BCUT2D eigenvalue weighted by Gasteiger charge is 2.29. The molecule has 1 aromatic carbocycles. The predicted octanol–water partition coefficient (Wildman–Crippen LogP) is 2.80. The summed E-state index contributed by atoms with van der Waals surface area (Å²) >= 11 is 0. The van der Waals surface area contributed by atoms with Gasteiger partial charge in [-0.3, -0.25) is 4.79 Å². The molecule has 0 radical (unpaired) electrons. The van der Waals surface area contributed by atoms with E-state index in [0.717, 1.165) is 25.7 Å². The monoisotopic (exact) mass is 394 g/mol. The van der Waals surface area contributed by atoms with Crippen LogP contribution in [-0.4, -0.2) is 51.0 Å². The fourth-order valence-electron chi connectivity index (χ4n) is 4.02. The molecule has 27 heavy (non-hydrogen) atoms. The van der Waals surface area contributed by atoms with Gasteiger partial charge in [-0.25, -0.2) is 8.42 Å². The highest BCUT2D eigenvalue weighted by molar-refractivity contribution is 7.89. The number of unbranched alkanes of at least 4 members (excludes halogenated alkanes) is 1. The van der Waals surface area contributed by atoms with Gasteiger partial charge in [-0.2, -0.15) is 4.31 Å². The second-order valence-corrected chi connectivity index (χ2v) is 9.40. The van der Waals surface area contributed by atoms with Crippen molar-refractivity contribution in [2.45, 2.75) is 56.4 Å². The number of amides is 1. The van der Waals surface area contributed by atoms with E-state index in [1.165, 1.54) is 23.2 Å². The lowest BCUT2D eigenvalue weighted by Crippen LogP contribution is -2.40. The molecule has 1 aliphatic carbocycles. The molecule has 2 aliphatic rings. The molecule has 3 rings (SSSR count). The van der Waals surface area contributed by atoms with Crippen LogP contribution in [0.3, 0.4) is 0 Å². The molecule has 1 N–H and O–H groups in total. The summed E-state index contributed by atoms with van der Waals surface area (Å²) in [6.07, 6.45) is 6.81. The third kappa shape index (κ3) is 4.89. The number of sulfonamides is 1. The fraction of sp³-hybridized carbons (Fsp3) is 0.650. The van der Waals surface area contributed by atoms with E-state index in [4.69, 9.17) is 4.74 Å². The maximum atomic E-state index is 12.8. The lowest BCUT2D eigenvalue weighted by molar-refractivity contribution is 0.0730. The van der Waals surface area contributed by atoms with Gasteiger partial charge in [-0.15, -0.1) is 0 Å². The van der Waals surface area contributed by atoms with E-state index in [-0.39, 0.29) is 16.8 Å². The first-order valence-electron chi connectivity index (χ1n) is 10.0. The molecule has 6 nitrogen and oxygen atoms in total. The summed E-state index contributed by atoms with van der Waals surface area (Å²) in [6, 6.07) is 6.58. The zero-order valence-corrected chi connectivity index (χ0v) is 16.8. The number of nitrogens with one attached hydrogen (secondary N) is 1. The molecule has 1 heterocycles. The van der Waals surface area contributed by atoms with Crippen molar-refractivity contribution in [3.8, 4) is 0 Å². The Morgan fingerprint density at radius 1 is 1.26 bits per heavy atom. The van der Waals surface area contributed by atoms with Crippen LogP contribution in [0.1, 0.15) is 55.8 Å². The van der Waals surface area contributed by atoms with Crippen molar-refractivity contribution >= 4 is 15.9 Å². The number of carbonyl (C=O) groups is 1. The molecule has 1 saturated heterocycles. The first-order valence-corrected chi connectivity index (χ1v) is 11.4. The fourth-order valence-corrected chi connectivity index (χ4v) is 5.48. The third-order valence-electron chi connectivity index (χ3n) is 5.61. The van der Waals surface area contributed by atoms with Gasteiger partial charge in [0.05, 0.1) is 18.1 Å². The molecule has 150 valence electrons. The summed E-state index contributed by atoms with van der Waals surface area (Å²) in [5, 5.41) is 3.14. The van der Waals surface area contributed by atoms with E-state index >= 15 is 0 Å². The lowest BCUT2D eigenvalue weighted by Gasteiger charge is -2.26. The van der Waals surface area contributed by atoms with Crippen molar-refractivity contribution in [3.63, 3.8) is 0 Å². The van der Waals surface area contributed by atoms with E-state index in [1.54, 1.807) is 18.2 Å². The second-order valence-electron chi connectivity index (χ2n) is 7.46. The summed E-state index contributed by atoms with van der Waals surface area (Å²) in [7, 11) is -3.59. The van der Waals surface area contributed by atoms with Crippen LogP contribution in [0.25, 0.3) is 0 Å². The van der Waals surface area contributed by atoms with Gasteiger partial charge in [0.15, 0.2) is 0 Å². The standard InChI is InChI=1S/C20H30N2O4S/c1-2-3-6-16-7-5-10-19(16)21-20(23)17-8-4-9-18(15-17)27(24,25)22-11-13-26-14-12-22/h4,8-9,15-16,19H,2-3,5-7,10-14H2,1H3,(H,21,23). The SMILES string of the molecule is CCCCC1CCCC1NC(=O)c1cccc(S(=O)(=O)N2CCOCC2)c1. The van der Waals surface area contributed by atoms with Crippen molar-refractivity contribution in [1.29, 1.82) is 0 Å². The maximum Gasteiger partial charge on any atom is 0.251 e. The number of hydrogen-bond acceptors (Lipinski definition) is 4. The maximum absolute atomic E-state index is 12.8. The van der Waals surface area contributed by atoms with E-state index in [2.05, 4.69) is 12.2 Å². The van der Waals surface area contributed by atoms with Crippen LogP contribution in [0.5, 0.6) is 0 Å². The van der Waals surface area contributed by atoms with Gasteiger partial charge in [-0.05, 0) is 43.4 Å². The quantitative estimate of drug-likeness (QED) is 0.772. The van der Waals surface area contributed by atoms with Gasteiger partial charge in [0, 0.05) is 24.7 Å². The average Bonchev–Trinajstić information content (AvgIpc) is 3.14. The summed E-state index contributed by atoms with van der Waals surface area (Å²) in [5.41, 5.74) is 0.408. The zero-order valence-electron chi connectivity index (χ0n) is 16.0. The van der Waals surface area contributed by atoms with Crippen LogP contribution >= 0.6 is 0 Å². The Morgan fingerprint density at radius 3 is 2.78 bits per heavy atom. The molecule has 1 aromatic rings. The molecular weight excluding hydrogens is 364 g/mol. The number of rotatable bonds is 7. The molecule has 2 atom stereocenters. The predicted molar refractivity (Wildman–Crippen MR) is 104 cm³/mol. The van der Waals surface area contributed by atoms with Crippen molar-refractivity contribution in [3.05, 3.63) is 29.8 Å². The lowest BCUT2D eigenvalue weighted by atomic mass is 9.96. The summed E-state index contributed by atoms with van der Waals surface area (Å²) < 4.78 is 32.3. The summed E-state index contributed by atoms with van der Waals surface area (Å²) in [5.74, 6) is 0.358. The van der Waals surface area contributed by atoms with Crippen LogP contribution in [0.15, 0.2) is 29.2 Å². The zero-order chi connectivity index (χ0) is 19.3. The highest BCUT2D eigenvalue weighted by Crippen LogP contribution is 2.30. The molecule has 0 bridgehead atoms. The number of carbonyl (C=O) groups excluding carboxylic acids is 1. The van der Waals surface area contributed by atoms with Gasteiger partial charge >= 0.3 is 0 Å². The van der Waals surface area contributed by atoms with Crippen LogP contribution < -0.4 is 5.32 Å². The van der Waals surface area contributed by atoms with Crippen molar-refractivity contribution in [1.82, 2.24) is 9.62 Å². The molecular formula is C20H30N2O4S. The van der Waals surface area contributed by atoms with E-state index in [0.29, 0.717) is 37.8 Å². The summed E-state index contributed by atoms with van der Waals surface area (Å²) in [6.45, 7) is 3.68. The minimum absolute atomic E-state index is 0.172.